The van der Waals surface area contributed by atoms with Crippen molar-refractivity contribution in [1.82, 2.24) is 10.4 Å². The second-order valence-corrected chi connectivity index (χ2v) is 9.76. The average molecular weight is 480 g/mol. The Labute approximate surface area is 173 Å². The van der Waals surface area contributed by atoms with Crippen molar-refractivity contribution in [2.45, 2.75) is 4.90 Å². The number of hydrogen-bond donors (Lipinski definition) is 1. The van der Waals surface area contributed by atoms with Crippen LogP contribution in [-0.4, -0.2) is 29.5 Å². The molecule has 0 spiro atoms. The molecule has 0 aliphatic carbocycles. The van der Waals surface area contributed by atoms with Crippen molar-refractivity contribution < 1.29 is 13.2 Å². The summed E-state index contributed by atoms with van der Waals surface area (Å²) < 4.78 is 29.2. The fraction of sp³-hybridized carbons (Fsp3) is 0. The third-order valence-corrected chi connectivity index (χ3v) is 6.92. The smallest absolute Gasteiger partial charge is 0.272 e. The highest BCUT2D eigenvalue weighted by Gasteiger charge is 2.36. The molecule has 0 bridgehead atoms. The molecule has 1 amide bonds. The number of benzene rings is 2. The van der Waals surface area contributed by atoms with Gasteiger partial charge in [-0.05, 0) is 48.1 Å². The fourth-order valence-electron chi connectivity index (χ4n) is 2.60. The summed E-state index contributed by atoms with van der Waals surface area (Å²) in [4.78, 5) is 13.3. The Kier molecular flexibility index (Phi) is 4.66. The Balaban J connectivity index is 1.63. The molecule has 0 unspecified atom stereocenters. The number of nitrogens with zero attached hydrogens (tertiary/aromatic N) is 2. The van der Waals surface area contributed by atoms with Crippen LogP contribution >= 0.6 is 39.9 Å². The van der Waals surface area contributed by atoms with Crippen LogP contribution in [0.15, 0.2) is 67.2 Å². The van der Waals surface area contributed by atoms with E-state index >= 15 is 0 Å². The summed E-state index contributed by atoms with van der Waals surface area (Å²) in [5, 5.41) is 1.14. The lowest BCUT2D eigenvalue weighted by atomic mass is 10.2. The van der Waals surface area contributed by atoms with E-state index in [0.717, 1.165) is 26.8 Å². The second-order valence-electron chi connectivity index (χ2n) is 5.60. The van der Waals surface area contributed by atoms with Crippen LogP contribution < -0.4 is 5.43 Å². The van der Waals surface area contributed by atoms with E-state index < -0.39 is 10.0 Å². The van der Waals surface area contributed by atoms with Gasteiger partial charge in [0.2, 0.25) is 0 Å². The maximum atomic E-state index is 12.7. The van der Waals surface area contributed by atoms with Gasteiger partial charge < -0.3 is 0 Å². The molecule has 0 aromatic heterocycles. The summed E-state index contributed by atoms with van der Waals surface area (Å²) >= 11 is 9.80. The first-order valence-electron chi connectivity index (χ1n) is 7.60. The van der Waals surface area contributed by atoms with E-state index in [9.17, 15) is 13.2 Å². The Hall–Kier alpha value is -2.01. The van der Waals surface area contributed by atoms with E-state index in [-0.39, 0.29) is 21.0 Å². The maximum absolute atomic E-state index is 12.7. The highest BCUT2D eigenvalue weighted by atomic mass is 79.9. The minimum Gasteiger partial charge on any atom is -0.272 e. The minimum atomic E-state index is -3.78. The number of nitrogens with one attached hydrogen (secondary N) is 1. The van der Waals surface area contributed by atoms with Gasteiger partial charge in [0, 0.05) is 10.0 Å². The van der Waals surface area contributed by atoms with Crippen molar-refractivity contribution >= 4 is 72.1 Å². The van der Waals surface area contributed by atoms with Crippen LogP contribution in [0.1, 0.15) is 11.1 Å². The number of carbonyl (C=O) groups is 1. The van der Waals surface area contributed by atoms with Crippen LogP contribution in [0.25, 0.3) is 6.08 Å². The van der Waals surface area contributed by atoms with E-state index in [4.69, 9.17) is 12.2 Å². The summed E-state index contributed by atoms with van der Waals surface area (Å²) in [7, 11) is -3.78. The third kappa shape index (κ3) is 3.45. The molecule has 1 N–H and O–H groups in total. The van der Waals surface area contributed by atoms with Gasteiger partial charge in [-0.2, -0.15) is 13.4 Å². The SMILES string of the molecule is O=C1C(=Cc2cccc(Br)c2)SC(=S)N1NC1=NS(=O)(=O)c2ccccc21. The monoisotopic (exact) mass is 479 g/mol. The molecule has 0 atom stereocenters. The largest absolute Gasteiger partial charge is 0.285 e. The zero-order valence-corrected chi connectivity index (χ0v) is 17.5. The summed E-state index contributed by atoms with van der Waals surface area (Å²) in [6.45, 7) is 0. The van der Waals surface area contributed by atoms with E-state index in [2.05, 4.69) is 25.8 Å². The number of sulfonamides is 1. The Morgan fingerprint density at radius 1 is 1.19 bits per heavy atom. The zero-order chi connectivity index (χ0) is 19.2. The predicted octanol–water partition coefficient (Wildman–Crippen LogP) is 3.30. The minimum absolute atomic E-state index is 0.0746. The molecule has 27 heavy (non-hydrogen) atoms. The van der Waals surface area contributed by atoms with Crippen molar-refractivity contribution in [2.75, 3.05) is 0 Å². The third-order valence-electron chi connectivity index (χ3n) is 3.79. The first-order valence-corrected chi connectivity index (χ1v) is 11.1. The lowest BCUT2D eigenvalue weighted by Gasteiger charge is -2.16. The van der Waals surface area contributed by atoms with Crippen molar-refractivity contribution in [2.24, 2.45) is 4.40 Å². The van der Waals surface area contributed by atoms with Crippen LogP contribution in [0.4, 0.5) is 0 Å². The molecular weight excluding hydrogens is 470 g/mol. The standard InChI is InChI=1S/C17H10BrN3O3S3/c18-11-5-3-4-10(8-11)9-13-16(22)21(17(25)26-13)19-15-12-6-1-2-7-14(12)27(23,24)20-15/h1-9H,(H,19,20). The van der Waals surface area contributed by atoms with Gasteiger partial charge in [0.25, 0.3) is 15.9 Å². The lowest BCUT2D eigenvalue weighted by Crippen LogP contribution is -2.44. The summed E-state index contributed by atoms with van der Waals surface area (Å²) in [6.07, 6.45) is 1.73. The number of halogens is 1. The molecule has 2 aromatic carbocycles. The number of fused-ring (bicyclic) bond motifs is 1. The van der Waals surface area contributed by atoms with Crippen LogP contribution in [-0.2, 0) is 14.8 Å². The molecule has 4 rings (SSSR count). The summed E-state index contributed by atoms with van der Waals surface area (Å²) in [5.74, 6) is -0.292. The number of rotatable bonds is 2. The quantitative estimate of drug-likeness (QED) is 0.525. The first-order chi connectivity index (χ1) is 12.8. The number of hydrogen-bond acceptors (Lipinski definition) is 6. The molecule has 2 aliphatic heterocycles. The van der Waals surface area contributed by atoms with Gasteiger partial charge in [-0.15, -0.1) is 4.40 Å². The molecule has 0 radical (unpaired) electrons. The topological polar surface area (TPSA) is 78.8 Å². The van der Waals surface area contributed by atoms with Gasteiger partial charge >= 0.3 is 0 Å². The molecule has 0 saturated carbocycles. The molecular formula is C17H10BrN3O3S3. The zero-order valence-electron chi connectivity index (χ0n) is 13.4. The highest BCUT2D eigenvalue weighted by Crippen LogP contribution is 2.33. The summed E-state index contributed by atoms with van der Waals surface area (Å²) in [5.41, 5.74) is 4.01. The predicted molar refractivity (Wildman–Crippen MR) is 112 cm³/mol. The van der Waals surface area contributed by atoms with Crippen molar-refractivity contribution in [3.8, 4) is 0 Å². The van der Waals surface area contributed by atoms with Crippen LogP contribution in [0.3, 0.4) is 0 Å². The molecule has 10 heteroatoms. The van der Waals surface area contributed by atoms with Gasteiger partial charge in [0.1, 0.15) is 4.90 Å². The molecule has 136 valence electrons. The van der Waals surface area contributed by atoms with Crippen molar-refractivity contribution in [3.05, 3.63) is 69.0 Å². The normalized spacial score (nSPS) is 19.4. The van der Waals surface area contributed by atoms with Crippen LogP contribution in [0.2, 0.25) is 0 Å². The van der Waals surface area contributed by atoms with Gasteiger partial charge in [0.15, 0.2) is 10.2 Å². The number of amides is 1. The maximum Gasteiger partial charge on any atom is 0.285 e. The highest BCUT2D eigenvalue weighted by molar-refractivity contribution is 9.10. The second kappa shape index (κ2) is 6.86. The van der Waals surface area contributed by atoms with Crippen LogP contribution in [0.5, 0.6) is 0 Å². The fourth-order valence-corrected chi connectivity index (χ4v) is 5.37. The number of amidine groups is 1. The number of thioether (sulfide) groups is 1. The Bertz CT molecular complexity index is 1160. The van der Waals surface area contributed by atoms with Crippen molar-refractivity contribution in [3.63, 3.8) is 0 Å². The molecule has 1 saturated heterocycles. The molecule has 2 aliphatic rings. The van der Waals surface area contributed by atoms with E-state index in [1.807, 2.05) is 24.3 Å². The Morgan fingerprint density at radius 3 is 2.74 bits per heavy atom. The van der Waals surface area contributed by atoms with Crippen LogP contribution in [0, 0.1) is 0 Å². The molecule has 6 nitrogen and oxygen atoms in total. The number of hydrazine groups is 1. The van der Waals surface area contributed by atoms with Gasteiger partial charge in [-0.25, -0.2) is 0 Å². The lowest BCUT2D eigenvalue weighted by molar-refractivity contribution is -0.123. The van der Waals surface area contributed by atoms with Crippen molar-refractivity contribution in [1.29, 1.82) is 0 Å². The van der Waals surface area contributed by atoms with Gasteiger partial charge in [-0.1, -0.05) is 52.0 Å². The molecule has 2 aromatic rings. The average Bonchev–Trinajstić information content (AvgIpc) is 3.03. The van der Waals surface area contributed by atoms with Gasteiger partial charge in [-0.3, -0.25) is 10.2 Å². The van der Waals surface area contributed by atoms with E-state index in [1.54, 1.807) is 24.3 Å². The van der Waals surface area contributed by atoms with E-state index in [1.165, 1.54) is 6.07 Å². The molecule has 1 fully saturated rings. The van der Waals surface area contributed by atoms with Gasteiger partial charge in [0.05, 0.1) is 4.91 Å². The first kappa shape index (κ1) is 18.4. The van der Waals surface area contributed by atoms with E-state index in [0.29, 0.717) is 10.5 Å². The number of carbonyl (C=O) groups excluding carboxylic acids is 1. The summed E-state index contributed by atoms with van der Waals surface area (Å²) in [6, 6.07) is 13.9. The number of thiocarbonyl (C=S) groups is 1. The molecule has 2 heterocycles. The Morgan fingerprint density at radius 2 is 1.96 bits per heavy atom.